The summed E-state index contributed by atoms with van der Waals surface area (Å²) in [6, 6.07) is 35.7. The van der Waals surface area contributed by atoms with Crippen molar-refractivity contribution in [2.24, 2.45) is 0 Å². The van der Waals surface area contributed by atoms with Crippen LogP contribution in [0, 0.1) is 22.7 Å². The summed E-state index contributed by atoms with van der Waals surface area (Å²) in [5.74, 6) is 1.66. The van der Waals surface area contributed by atoms with Crippen LogP contribution in [0.4, 0.5) is 17.1 Å². The second-order valence-electron chi connectivity index (χ2n) is 9.24. The zero-order valence-electron chi connectivity index (χ0n) is 20.9. The molecule has 0 saturated heterocycles. The van der Waals surface area contributed by atoms with Gasteiger partial charge in [0.15, 0.2) is 11.5 Å². The molecule has 190 valence electrons. The Balaban J connectivity index is 1.24. The van der Waals surface area contributed by atoms with E-state index < -0.39 is 0 Å². The summed E-state index contributed by atoms with van der Waals surface area (Å²) in [6.07, 6.45) is 0. The number of ether oxygens (including phenoxy) is 1. The smallest absolute Gasteiger partial charge is 0.151 e. The molecule has 0 fully saturated rings. The summed E-state index contributed by atoms with van der Waals surface area (Å²) in [5, 5.41) is 21.2. The largest absolute Gasteiger partial charge is 0.453 e. The van der Waals surface area contributed by atoms with Crippen LogP contribution in [0.5, 0.6) is 11.5 Å². The highest BCUT2D eigenvalue weighted by Crippen LogP contribution is 2.52. The molecule has 40 heavy (non-hydrogen) atoms. The second-order valence-corrected chi connectivity index (χ2v) is 12.5. The van der Waals surface area contributed by atoms with Gasteiger partial charge >= 0.3 is 0 Å². The fourth-order valence-electron chi connectivity index (χ4n) is 5.02. The van der Waals surface area contributed by atoms with Crippen molar-refractivity contribution in [3.63, 3.8) is 0 Å². The van der Waals surface area contributed by atoms with Crippen LogP contribution in [-0.2, 0) is 0 Å². The molecule has 0 bridgehead atoms. The van der Waals surface area contributed by atoms with E-state index in [1.807, 2.05) is 36.4 Å². The summed E-state index contributed by atoms with van der Waals surface area (Å²) in [4.78, 5) is 6.32. The molecule has 2 unspecified atom stereocenters. The Morgan fingerprint density at radius 3 is 1.88 bits per heavy atom. The van der Waals surface area contributed by atoms with Crippen molar-refractivity contribution in [3.8, 4) is 34.8 Å². The first-order valence-corrected chi connectivity index (χ1v) is 15.2. The molecule has 4 nitrogen and oxygen atoms in total. The van der Waals surface area contributed by atoms with Gasteiger partial charge in [0.25, 0.3) is 0 Å². The number of hydrogen-bond donors (Lipinski definition) is 0. The van der Waals surface area contributed by atoms with Crippen LogP contribution in [0.25, 0.3) is 11.1 Å². The molecular formula is C32H19N3OP2S2. The van der Waals surface area contributed by atoms with Crippen molar-refractivity contribution in [2.75, 3.05) is 4.90 Å². The number of nitriles is 2. The Hall–Kier alpha value is -3.76. The van der Waals surface area contributed by atoms with Crippen LogP contribution in [0.15, 0.2) is 111 Å². The maximum absolute atomic E-state index is 9.84. The van der Waals surface area contributed by atoms with Crippen LogP contribution in [0.2, 0.25) is 0 Å². The van der Waals surface area contributed by atoms with Crippen molar-refractivity contribution in [1.29, 1.82) is 10.5 Å². The number of benzene rings is 5. The summed E-state index contributed by atoms with van der Waals surface area (Å²) < 4.78 is 6.16. The van der Waals surface area contributed by atoms with Crippen molar-refractivity contribution in [2.45, 2.75) is 19.6 Å². The van der Waals surface area contributed by atoms with E-state index in [0.29, 0.717) is 11.1 Å². The highest BCUT2D eigenvalue weighted by atomic mass is 32.2. The zero-order chi connectivity index (χ0) is 27.4. The molecule has 2 heterocycles. The van der Waals surface area contributed by atoms with Gasteiger partial charge < -0.3 is 9.64 Å². The van der Waals surface area contributed by atoms with Crippen LogP contribution in [-0.4, -0.2) is 0 Å². The van der Waals surface area contributed by atoms with Gasteiger partial charge in [-0.1, -0.05) is 66.0 Å². The molecule has 0 amide bonds. The third-order valence-corrected chi connectivity index (χ3v) is 11.3. The predicted octanol–water partition coefficient (Wildman–Crippen LogP) is 8.29. The third-order valence-electron chi connectivity index (χ3n) is 6.97. The quantitative estimate of drug-likeness (QED) is 0.190. The predicted molar refractivity (Wildman–Crippen MR) is 169 cm³/mol. The van der Waals surface area contributed by atoms with Crippen LogP contribution in [0.1, 0.15) is 11.1 Å². The summed E-state index contributed by atoms with van der Waals surface area (Å²) in [7, 11) is 5.39. The van der Waals surface area contributed by atoms with E-state index in [1.54, 1.807) is 23.5 Å². The number of nitrogens with zero attached hydrogens (tertiary/aromatic N) is 3. The van der Waals surface area contributed by atoms with E-state index in [1.165, 1.54) is 0 Å². The average molecular weight is 588 g/mol. The lowest BCUT2D eigenvalue weighted by Crippen LogP contribution is -2.21. The number of hydrogen-bond acceptors (Lipinski definition) is 6. The molecule has 2 aliphatic rings. The average Bonchev–Trinajstić information content (AvgIpc) is 3.00. The number of para-hydroxylation sites is 4. The van der Waals surface area contributed by atoms with Gasteiger partial charge in [0, 0.05) is 25.3 Å². The molecular weight excluding hydrogens is 568 g/mol. The summed E-state index contributed by atoms with van der Waals surface area (Å²) >= 11 is 3.22. The van der Waals surface area contributed by atoms with E-state index in [2.05, 4.69) is 90.1 Å². The topological polar surface area (TPSA) is 60.0 Å². The van der Waals surface area contributed by atoms with Crippen molar-refractivity contribution < 1.29 is 4.74 Å². The molecule has 0 aromatic heterocycles. The maximum atomic E-state index is 9.84. The molecule has 5 aromatic carbocycles. The molecule has 8 heteroatoms. The van der Waals surface area contributed by atoms with Crippen LogP contribution < -0.4 is 20.2 Å². The van der Waals surface area contributed by atoms with Gasteiger partial charge in [0.1, 0.15) is 12.1 Å². The van der Waals surface area contributed by atoms with Gasteiger partial charge in [0.05, 0.1) is 22.5 Å². The van der Waals surface area contributed by atoms with E-state index in [-0.39, 0.29) is 0 Å². The SMILES string of the molecule is N#Cc1c(P)c(P)c2c(c1C#N)Sc1ccc(-c3ccc(N4c5ccccc5Oc5ccccc54)cc3)cc1S2. The Bertz CT molecular complexity index is 1900. The molecule has 2 atom stereocenters. The Labute approximate surface area is 245 Å². The molecule has 7 rings (SSSR count). The van der Waals surface area contributed by atoms with Crippen molar-refractivity contribution >= 4 is 69.7 Å². The van der Waals surface area contributed by atoms with Gasteiger partial charge in [-0.05, 0) is 70.3 Å². The minimum atomic E-state index is 0.426. The molecule has 0 N–H and O–H groups in total. The van der Waals surface area contributed by atoms with E-state index in [4.69, 9.17) is 4.74 Å². The van der Waals surface area contributed by atoms with Gasteiger partial charge in [-0.25, -0.2) is 0 Å². The fraction of sp³-hybridized carbons (Fsp3) is 0. The first kappa shape index (κ1) is 25.2. The van der Waals surface area contributed by atoms with Crippen molar-refractivity contribution in [3.05, 3.63) is 102 Å². The highest BCUT2D eigenvalue weighted by molar-refractivity contribution is 8.05. The van der Waals surface area contributed by atoms with Crippen molar-refractivity contribution in [1.82, 2.24) is 0 Å². The molecule has 0 aliphatic carbocycles. The minimum Gasteiger partial charge on any atom is -0.453 e. The summed E-state index contributed by atoms with van der Waals surface area (Å²) in [5.41, 5.74) is 6.18. The van der Waals surface area contributed by atoms with Gasteiger partial charge in [0.2, 0.25) is 0 Å². The highest BCUT2D eigenvalue weighted by Gasteiger charge is 2.28. The van der Waals surface area contributed by atoms with E-state index >= 15 is 0 Å². The minimum absolute atomic E-state index is 0.426. The normalized spacial score (nSPS) is 12.7. The molecule has 5 aromatic rings. The number of rotatable bonds is 2. The lowest BCUT2D eigenvalue weighted by atomic mass is 10.0. The van der Waals surface area contributed by atoms with E-state index in [9.17, 15) is 10.5 Å². The lowest BCUT2D eigenvalue weighted by molar-refractivity contribution is 0.477. The number of fused-ring (bicyclic) bond motifs is 4. The standard InChI is InChI=1S/C32H19N3OP2S2/c33-16-21-22(17-34)31-32(30(38)29(21)37)40-28-15-19(11-14-27(28)39-31)18-9-12-20(13-10-18)35-23-5-1-3-7-25(23)36-26-8-4-2-6-24(26)35/h1-15H,37-38H2. The van der Waals surface area contributed by atoms with Crippen LogP contribution >= 0.6 is 42.0 Å². The van der Waals surface area contributed by atoms with Gasteiger partial charge in [-0.3, -0.25) is 0 Å². The first-order valence-electron chi connectivity index (χ1n) is 12.4. The summed E-state index contributed by atoms with van der Waals surface area (Å²) in [6.45, 7) is 0. The van der Waals surface area contributed by atoms with Crippen LogP contribution in [0.3, 0.4) is 0 Å². The molecule has 0 radical (unpaired) electrons. The zero-order valence-corrected chi connectivity index (χ0v) is 24.8. The van der Waals surface area contributed by atoms with Gasteiger partial charge in [-0.2, -0.15) is 10.5 Å². The van der Waals surface area contributed by atoms with Gasteiger partial charge in [-0.15, -0.1) is 18.5 Å². The van der Waals surface area contributed by atoms with E-state index in [0.717, 1.165) is 69.9 Å². The molecule has 0 spiro atoms. The maximum Gasteiger partial charge on any atom is 0.151 e. The lowest BCUT2D eigenvalue weighted by Gasteiger charge is -2.32. The Morgan fingerprint density at radius 1 is 0.625 bits per heavy atom. The molecule has 0 saturated carbocycles. The second kappa shape index (κ2) is 10.0. The number of anilines is 3. The molecule has 2 aliphatic heterocycles. The first-order chi connectivity index (χ1) is 19.6. The Kier molecular flexibility index (Phi) is 6.31. The third kappa shape index (κ3) is 4.00. The fourth-order valence-corrected chi connectivity index (χ4v) is 8.50. The monoisotopic (exact) mass is 587 g/mol. The Morgan fingerprint density at radius 2 is 1.23 bits per heavy atom.